The molecule has 0 saturated carbocycles. The summed E-state index contributed by atoms with van der Waals surface area (Å²) >= 11 is 0. The van der Waals surface area contributed by atoms with Gasteiger partial charge in [-0.25, -0.2) is 0 Å². The Morgan fingerprint density at radius 2 is 1.54 bits per heavy atom. The quantitative estimate of drug-likeness (QED) is 0.377. The molecule has 1 unspecified atom stereocenters. The summed E-state index contributed by atoms with van der Waals surface area (Å²) in [4.78, 5) is 0. The number of nitrogens with zero attached hydrogens (tertiary/aromatic N) is 1. The standard InChI is InChI=1S/C16H23NO6S2.Na.H/c1-13-16(2,9-5-11-24(18,19)20)14-7-3-4-8-15(14)17(13)10-6-12-25(21,22)23;;/h3-4,7-8H,5-6,9-12H2,1-2H3,(H-,18,19,20,21,22,23);;/p+1. The predicted molar refractivity (Wildman–Crippen MR) is 103 cm³/mol. The Morgan fingerprint density at radius 1 is 1.00 bits per heavy atom. The zero-order chi connectivity index (χ0) is 18.9. The van der Waals surface area contributed by atoms with Gasteiger partial charge in [-0.1, -0.05) is 18.2 Å². The first kappa shape index (κ1) is 23.7. The molecule has 0 radical (unpaired) electrons. The maximum absolute atomic E-state index is 11.0. The van der Waals surface area contributed by atoms with Gasteiger partial charge >= 0.3 is 29.6 Å². The van der Waals surface area contributed by atoms with Crippen LogP contribution in [0.25, 0.3) is 0 Å². The van der Waals surface area contributed by atoms with Gasteiger partial charge in [-0.15, -0.1) is 0 Å². The van der Waals surface area contributed by atoms with Crippen molar-refractivity contribution in [3.05, 3.63) is 29.8 Å². The number of hydrogen-bond donors (Lipinski definition) is 2. The first-order valence-corrected chi connectivity index (χ1v) is 11.3. The van der Waals surface area contributed by atoms with Gasteiger partial charge < -0.3 is 0 Å². The summed E-state index contributed by atoms with van der Waals surface area (Å²) in [7, 11) is -8.00. The molecular weight excluding hydrogens is 389 g/mol. The molecule has 0 aromatic heterocycles. The molecule has 0 spiro atoms. The fourth-order valence-electron chi connectivity index (χ4n) is 3.47. The van der Waals surface area contributed by atoms with Crippen molar-refractivity contribution in [2.45, 2.75) is 38.5 Å². The second-order valence-electron chi connectivity index (χ2n) is 6.62. The minimum absolute atomic E-state index is 0. The van der Waals surface area contributed by atoms with Crippen molar-refractivity contribution in [2.75, 3.05) is 18.1 Å². The Morgan fingerprint density at radius 3 is 2.12 bits per heavy atom. The third-order valence-corrected chi connectivity index (χ3v) is 6.46. The van der Waals surface area contributed by atoms with Gasteiger partial charge in [0.1, 0.15) is 6.54 Å². The fourth-order valence-corrected chi connectivity index (χ4v) is 4.47. The molecule has 1 atom stereocenters. The summed E-state index contributed by atoms with van der Waals surface area (Å²) < 4.78 is 63.8. The van der Waals surface area contributed by atoms with E-state index in [2.05, 4.69) is 0 Å². The molecule has 1 aromatic carbocycles. The van der Waals surface area contributed by atoms with Gasteiger partial charge in [-0.05, 0) is 19.8 Å². The number of rotatable bonds is 8. The SMILES string of the molecule is CC1=[N+](CCCS(=O)(=O)O)c2ccccc2C1(C)CCCS(=O)(=O)O.[NaH]. The summed E-state index contributed by atoms with van der Waals surface area (Å²) in [6, 6.07) is 7.73. The molecule has 1 aromatic rings. The predicted octanol–water partition coefficient (Wildman–Crippen LogP) is 1.36. The van der Waals surface area contributed by atoms with Crippen molar-refractivity contribution >= 4 is 61.2 Å². The zero-order valence-electron chi connectivity index (χ0n) is 14.3. The zero-order valence-corrected chi connectivity index (χ0v) is 16.0. The van der Waals surface area contributed by atoms with Crippen molar-refractivity contribution in [1.82, 2.24) is 0 Å². The normalized spacial score (nSPS) is 20.0. The Labute approximate surface area is 177 Å². The van der Waals surface area contributed by atoms with E-state index < -0.39 is 20.2 Å². The van der Waals surface area contributed by atoms with E-state index in [0.717, 1.165) is 17.0 Å². The molecule has 10 heteroatoms. The van der Waals surface area contributed by atoms with Gasteiger partial charge in [-0.2, -0.15) is 21.4 Å². The molecule has 7 nitrogen and oxygen atoms in total. The van der Waals surface area contributed by atoms with E-state index in [1.54, 1.807) is 0 Å². The third kappa shape index (κ3) is 5.85. The fraction of sp³-hybridized carbons (Fsp3) is 0.562. The van der Waals surface area contributed by atoms with Crippen LogP contribution in [-0.2, 0) is 25.7 Å². The summed E-state index contributed by atoms with van der Waals surface area (Å²) in [6.07, 6.45) is 1.15. The molecule has 1 aliphatic rings. The molecule has 142 valence electrons. The van der Waals surface area contributed by atoms with E-state index in [4.69, 9.17) is 9.11 Å². The van der Waals surface area contributed by atoms with Gasteiger partial charge in [-0.3, -0.25) is 9.11 Å². The van der Waals surface area contributed by atoms with Crippen molar-refractivity contribution < 1.29 is 30.5 Å². The molecule has 2 N–H and O–H groups in total. The Balaban J connectivity index is 0.00000338. The van der Waals surface area contributed by atoms with Crippen LogP contribution in [-0.4, -0.2) is 83.8 Å². The van der Waals surface area contributed by atoms with E-state index >= 15 is 0 Å². The van der Waals surface area contributed by atoms with Crippen molar-refractivity contribution in [3.63, 3.8) is 0 Å². The van der Waals surface area contributed by atoms with Crippen LogP contribution >= 0.6 is 0 Å². The van der Waals surface area contributed by atoms with Crippen LogP contribution in [0.15, 0.2) is 24.3 Å². The van der Waals surface area contributed by atoms with E-state index in [1.165, 1.54) is 0 Å². The molecule has 1 heterocycles. The van der Waals surface area contributed by atoms with Gasteiger partial charge in [0.15, 0.2) is 5.71 Å². The van der Waals surface area contributed by atoms with E-state index in [0.29, 0.717) is 19.4 Å². The summed E-state index contributed by atoms with van der Waals surface area (Å²) in [5.74, 6) is -0.598. The molecule has 0 fully saturated rings. The molecule has 0 amide bonds. The topological polar surface area (TPSA) is 112 Å². The van der Waals surface area contributed by atoms with Crippen molar-refractivity contribution in [1.29, 1.82) is 0 Å². The second kappa shape index (κ2) is 8.81. The van der Waals surface area contributed by atoms with Crippen molar-refractivity contribution in [2.24, 2.45) is 0 Å². The van der Waals surface area contributed by atoms with Gasteiger partial charge in [0.25, 0.3) is 20.2 Å². The van der Waals surface area contributed by atoms with Crippen LogP contribution in [0.5, 0.6) is 0 Å². The van der Waals surface area contributed by atoms with Gasteiger partial charge in [0, 0.05) is 25.0 Å². The van der Waals surface area contributed by atoms with E-state index in [1.807, 2.05) is 42.7 Å². The number of para-hydroxylation sites is 1. The Kier molecular flexibility index (Phi) is 8.05. The first-order valence-electron chi connectivity index (χ1n) is 8.05. The number of hydrogen-bond acceptors (Lipinski definition) is 4. The number of benzene rings is 1. The third-order valence-electron chi connectivity index (χ3n) is 4.86. The number of fused-ring (bicyclic) bond motifs is 1. The van der Waals surface area contributed by atoms with Crippen molar-refractivity contribution in [3.8, 4) is 0 Å². The minimum atomic E-state index is -4.00. The van der Waals surface area contributed by atoms with Gasteiger partial charge in [0.05, 0.1) is 16.9 Å². The van der Waals surface area contributed by atoms with Crippen LogP contribution in [0, 0.1) is 0 Å². The van der Waals surface area contributed by atoms with E-state index in [-0.39, 0.29) is 52.9 Å². The van der Waals surface area contributed by atoms with Crippen LogP contribution in [0.2, 0.25) is 0 Å². The molecule has 2 rings (SSSR count). The monoisotopic (exact) mass is 414 g/mol. The maximum atomic E-state index is 11.0. The van der Waals surface area contributed by atoms with Crippen LogP contribution in [0.1, 0.15) is 38.7 Å². The first-order chi connectivity index (χ1) is 11.4. The average Bonchev–Trinajstić information content (AvgIpc) is 2.67. The van der Waals surface area contributed by atoms with Crippen LogP contribution in [0.3, 0.4) is 0 Å². The summed E-state index contributed by atoms with van der Waals surface area (Å²) in [5.41, 5.74) is 2.62. The molecule has 0 aliphatic carbocycles. The average molecular weight is 415 g/mol. The van der Waals surface area contributed by atoms with Crippen LogP contribution < -0.4 is 0 Å². The molecule has 0 saturated heterocycles. The Bertz CT molecular complexity index is 895. The molecule has 26 heavy (non-hydrogen) atoms. The molecule has 0 bridgehead atoms. The molecule has 1 aliphatic heterocycles. The second-order valence-corrected chi connectivity index (χ2v) is 9.76. The Hall–Kier alpha value is -0.290. The summed E-state index contributed by atoms with van der Waals surface area (Å²) in [5, 5.41) is 0. The van der Waals surface area contributed by atoms with Crippen LogP contribution in [0.4, 0.5) is 5.69 Å². The van der Waals surface area contributed by atoms with Gasteiger partial charge in [0.2, 0.25) is 5.69 Å². The summed E-state index contributed by atoms with van der Waals surface area (Å²) in [6.45, 7) is 4.41. The molecular formula is C16H25NNaO6S2+. The van der Waals surface area contributed by atoms with E-state index in [9.17, 15) is 16.8 Å².